The van der Waals surface area contributed by atoms with Crippen LogP contribution < -0.4 is 9.80 Å². The summed E-state index contributed by atoms with van der Waals surface area (Å²) in [4.78, 5) is 45.6. The summed E-state index contributed by atoms with van der Waals surface area (Å²) in [6.07, 6.45) is -0.389. The van der Waals surface area contributed by atoms with E-state index in [1.807, 2.05) is 31.2 Å². The van der Waals surface area contributed by atoms with E-state index >= 15 is 0 Å². The molecule has 1 saturated carbocycles. The van der Waals surface area contributed by atoms with E-state index in [1.165, 1.54) is 28.0 Å². The lowest BCUT2D eigenvalue weighted by Gasteiger charge is -2.60. The van der Waals surface area contributed by atoms with Crippen LogP contribution in [0.4, 0.5) is 24.5 Å². The van der Waals surface area contributed by atoms with Crippen molar-refractivity contribution in [3.63, 3.8) is 0 Å². The number of benzene rings is 3. The van der Waals surface area contributed by atoms with Crippen molar-refractivity contribution in [1.82, 2.24) is 0 Å². The third kappa shape index (κ3) is 3.86. The second kappa shape index (κ2) is 9.52. The number of hydrogen-bond donors (Lipinski definition) is 0. The van der Waals surface area contributed by atoms with Gasteiger partial charge in [-0.3, -0.25) is 23.9 Å². The molecule has 8 rings (SSSR count). The fourth-order valence-electron chi connectivity index (χ4n) is 7.82. The zero-order valence-electron chi connectivity index (χ0n) is 23.1. The minimum absolute atomic E-state index is 0.0392. The summed E-state index contributed by atoms with van der Waals surface area (Å²) in [5.74, 6) is -4.50. The minimum atomic E-state index is -2.82. The number of rotatable bonds is 5. The van der Waals surface area contributed by atoms with Crippen LogP contribution in [0.15, 0.2) is 78.9 Å². The molecule has 3 amide bonds. The first-order chi connectivity index (χ1) is 20.1. The highest BCUT2D eigenvalue weighted by molar-refractivity contribution is 6.10. The molecule has 3 aromatic carbocycles. The highest BCUT2D eigenvalue weighted by Gasteiger charge is 2.71. The number of para-hydroxylation sites is 1. The number of carbonyl (C=O) groups is 3. The zero-order chi connectivity index (χ0) is 29.4. The Bertz CT molecular complexity index is 1590. The molecule has 5 aliphatic rings. The van der Waals surface area contributed by atoms with E-state index in [1.54, 1.807) is 36.4 Å². The number of amides is 3. The molecule has 0 spiro atoms. The predicted octanol–water partition coefficient (Wildman–Crippen LogP) is 5.74. The van der Waals surface area contributed by atoms with Crippen molar-refractivity contribution in [2.75, 3.05) is 16.3 Å². The predicted molar refractivity (Wildman–Crippen MR) is 150 cm³/mol. The van der Waals surface area contributed by atoms with Crippen molar-refractivity contribution >= 4 is 29.1 Å². The van der Waals surface area contributed by atoms with Crippen LogP contribution >= 0.6 is 0 Å². The topological polar surface area (TPSA) is 57.7 Å². The number of fused-ring (bicyclic) bond motifs is 1. The second-order valence-electron chi connectivity index (χ2n) is 12.1. The minimum Gasteiger partial charge on any atom is -0.300 e. The van der Waals surface area contributed by atoms with E-state index in [9.17, 15) is 27.6 Å². The first kappa shape index (κ1) is 26.9. The summed E-state index contributed by atoms with van der Waals surface area (Å²) in [6.45, 7) is 2.32. The molecule has 2 bridgehead atoms. The van der Waals surface area contributed by atoms with Gasteiger partial charge in [-0.2, -0.15) is 0 Å². The number of alkyl halides is 2. The Hall–Kier alpha value is -3.98. The third-order valence-corrected chi connectivity index (χ3v) is 9.98. The lowest BCUT2D eigenvalue weighted by atomic mass is 9.74. The van der Waals surface area contributed by atoms with Gasteiger partial charge in [0.15, 0.2) is 6.04 Å². The van der Waals surface area contributed by atoms with Gasteiger partial charge in [0.25, 0.3) is 11.8 Å². The molecule has 5 atom stereocenters. The summed E-state index contributed by atoms with van der Waals surface area (Å²) in [6, 6.07) is 18.9. The van der Waals surface area contributed by atoms with Gasteiger partial charge in [-0.15, -0.1) is 0 Å². The maximum absolute atomic E-state index is 14.9. The molecule has 4 aliphatic heterocycles. The third-order valence-electron chi connectivity index (χ3n) is 9.98. The van der Waals surface area contributed by atoms with Crippen LogP contribution in [0.25, 0.3) is 0 Å². The number of anilines is 2. The van der Waals surface area contributed by atoms with E-state index in [4.69, 9.17) is 0 Å². The Kier molecular flexibility index (Phi) is 6.10. The molecule has 0 radical (unpaired) electrons. The second-order valence-corrected chi connectivity index (χ2v) is 12.1. The Morgan fingerprint density at radius 1 is 0.952 bits per heavy atom. The molecule has 216 valence electrons. The quantitative estimate of drug-likeness (QED) is 0.366. The van der Waals surface area contributed by atoms with Gasteiger partial charge in [0, 0.05) is 17.8 Å². The average Bonchev–Trinajstić information content (AvgIpc) is 3.28. The lowest BCUT2D eigenvalue weighted by molar-refractivity contribution is -0.953. The normalized spacial score (nSPS) is 29.8. The van der Waals surface area contributed by atoms with Crippen molar-refractivity contribution in [2.45, 2.75) is 68.6 Å². The summed E-state index contributed by atoms with van der Waals surface area (Å²) >= 11 is 0. The van der Waals surface area contributed by atoms with Crippen molar-refractivity contribution in [3.8, 4) is 0 Å². The molecule has 2 saturated heterocycles. The van der Waals surface area contributed by atoms with Crippen LogP contribution in [0.1, 0.15) is 55.7 Å². The van der Waals surface area contributed by atoms with E-state index in [-0.39, 0.29) is 59.6 Å². The van der Waals surface area contributed by atoms with Gasteiger partial charge in [0.05, 0.1) is 25.3 Å². The van der Waals surface area contributed by atoms with Gasteiger partial charge in [-0.25, -0.2) is 18.0 Å². The molecule has 1 aliphatic carbocycles. The van der Waals surface area contributed by atoms with Crippen LogP contribution in [0.5, 0.6) is 0 Å². The zero-order valence-corrected chi connectivity index (χ0v) is 23.1. The number of nitrogens with zero attached hydrogens (tertiary/aromatic N) is 3. The lowest BCUT2D eigenvalue weighted by Crippen LogP contribution is -2.78. The van der Waals surface area contributed by atoms with Crippen LogP contribution in [0.3, 0.4) is 0 Å². The van der Waals surface area contributed by atoms with Crippen molar-refractivity contribution in [1.29, 1.82) is 0 Å². The maximum atomic E-state index is 14.9. The fourth-order valence-corrected chi connectivity index (χ4v) is 7.82. The van der Waals surface area contributed by atoms with Crippen LogP contribution in [0, 0.1) is 5.82 Å². The van der Waals surface area contributed by atoms with Gasteiger partial charge in [0.2, 0.25) is 5.91 Å². The Morgan fingerprint density at radius 2 is 1.64 bits per heavy atom. The standard InChI is InChI=1S/C33H31F3N3O3/c1-20-27-19-39(20,24-17-33(35,36)18-24)32(42)30(26-13-6-5-12-25(26)27)38(23-11-7-8-21(34)16-23)31(41)28-14-15-29(40)37(28)22-9-3-2-4-10-22/h2-13,16,20,24,27-28,30H,14-15,17-19H2,1H3/q+1. The van der Waals surface area contributed by atoms with E-state index in [0.29, 0.717) is 17.8 Å². The molecular weight excluding hydrogens is 543 g/mol. The Morgan fingerprint density at radius 3 is 2.31 bits per heavy atom. The largest absolute Gasteiger partial charge is 0.341 e. The molecule has 3 fully saturated rings. The van der Waals surface area contributed by atoms with E-state index in [2.05, 4.69) is 0 Å². The number of carbonyl (C=O) groups excluding carboxylic acids is 3. The number of quaternary nitrogens is 1. The number of hydrogen-bond acceptors (Lipinski definition) is 3. The highest BCUT2D eigenvalue weighted by atomic mass is 19.3. The van der Waals surface area contributed by atoms with Crippen molar-refractivity contribution in [3.05, 3.63) is 95.8 Å². The summed E-state index contributed by atoms with van der Waals surface area (Å²) in [5.41, 5.74) is 2.27. The molecule has 4 heterocycles. The smallest absolute Gasteiger partial charge is 0.300 e. The molecule has 42 heavy (non-hydrogen) atoms. The van der Waals surface area contributed by atoms with Gasteiger partial charge >= 0.3 is 5.91 Å². The molecule has 5 unspecified atom stereocenters. The monoisotopic (exact) mass is 574 g/mol. The van der Waals surface area contributed by atoms with Crippen LogP contribution in [-0.2, 0) is 14.4 Å². The fraction of sp³-hybridized carbons (Fsp3) is 0.364. The van der Waals surface area contributed by atoms with Crippen molar-refractivity contribution < 1.29 is 32.0 Å². The first-order valence-electron chi connectivity index (χ1n) is 14.5. The molecule has 0 N–H and O–H groups in total. The number of halogens is 3. The van der Waals surface area contributed by atoms with Crippen molar-refractivity contribution in [2.24, 2.45) is 0 Å². The maximum Gasteiger partial charge on any atom is 0.341 e. The van der Waals surface area contributed by atoms with Crippen LogP contribution in [0.2, 0.25) is 0 Å². The van der Waals surface area contributed by atoms with Crippen LogP contribution in [-0.4, -0.2) is 52.8 Å². The first-order valence-corrected chi connectivity index (χ1v) is 14.5. The van der Waals surface area contributed by atoms with Gasteiger partial charge in [-0.1, -0.05) is 48.5 Å². The molecule has 0 aromatic heterocycles. The van der Waals surface area contributed by atoms with E-state index in [0.717, 1.165) is 5.56 Å². The molecule has 9 heteroatoms. The Balaban J connectivity index is 1.39. The summed E-state index contributed by atoms with van der Waals surface area (Å²) in [5, 5.41) is 0. The van der Waals surface area contributed by atoms with Gasteiger partial charge in [0.1, 0.15) is 23.9 Å². The molecule has 3 aromatic rings. The summed E-state index contributed by atoms with van der Waals surface area (Å²) in [7, 11) is 0. The molecule has 6 nitrogen and oxygen atoms in total. The Labute approximate surface area is 241 Å². The van der Waals surface area contributed by atoms with Gasteiger partial charge < -0.3 is 0 Å². The van der Waals surface area contributed by atoms with E-state index < -0.39 is 35.8 Å². The summed E-state index contributed by atoms with van der Waals surface area (Å²) < 4.78 is 43.0. The molecular formula is C33H31F3N3O3+. The SMILES string of the molecule is CC1C2C[N+]1(C1CC(F)(F)C1)C(=O)C(N(C(=O)C1CCC(=O)N1c1ccccc1)c1cccc(F)c1)c1ccccc12. The van der Waals surface area contributed by atoms with Gasteiger partial charge in [-0.05, 0) is 54.8 Å². The average molecular weight is 575 g/mol. The highest BCUT2D eigenvalue weighted by Crippen LogP contribution is 2.57.